The minimum atomic E-state index is -0.381. The Labute approximate surface area is 170 Å². The Morgan fingerprint density at radius 2 is 1.72 bits per heavy atom. The zero-order chi connectivity index (χ0) is 20.2. The van der Waals surface area contributed by atoms with Crippen molar-refractivity contribution in [2.45, 2.75) is 25.4 Å². The molecule has 0 radical (unpaired) electrons. The van der Waals surface area contributed by atoms with Gasteiger partial charge in [-0.3, -0.25) is 9.69 Å². The van der Waals surface area contributed by atoms with Gasteiger partial charge >= 0.3 is 6.09 Å². The number of ether oxygens (including phenoxy) is 1. The van der Waals surface area contributed by atoms with Crippen LogP contribution in [0.2, 0.25) is 0 Å². The third-order valence-electron chi connectivity index (χ3n) is 5.80. The molecule has 152 valence electrons. The molecule has 2 aliphatic rings. The molecule has 5 nitrogen and oxygen atoms in total. The van der Waals surface area contributed by atoms with E-state index in [4.69, 9.17) is 4.74 Å². The lowest BCUT2D eigenvalue weighted by atomic mass is 9.89. The van der Waals surface area contributed by atoms with Crippen molar-refractivity contribution < 1.29 is 18.7 Å². The molecule has 0 aliphatic carbocycles. The molecule has 1 atom stereocenters. The highest BCUT2D eigenvalue weighted by atomic mass is 19.1. The fraction of sp³-hybridized carbons (Fsp3) is 0.391. The highest BCUT2D eigenvalue weighted by Crippen LogP contribution is 2.25. The molecule has 6 heteroatoms. The Hall–Kier alpha value is -2.73. The molecule has 29 heavy (non-hydrogen) atoms. The number of hydrogen-bond acceptors (Lipinski definition) is 4. The molecule has 0 bridgehead atoms. The zero-order valence-electron chi connectivity index (χ0n) is 16.3. The van der Waals surface area contributed by atoms with Crippen LogP contribution in [0.4, 0.5) is 14.9 Å². The Kier molecular flexibility index (Phi) is 5.90. The molecule has 2 saturated heterocycles. The summed E-state index contributed by atoms with van der Waals surface area (Å²) in [6, 6.07) is 15.4. The van der Waals surface area contributed by atoms with Gasteiger partial charge in [0.25, 0.3) is 0 Å². The molecule has 2 aromatic rings. The lowest BCUT2D eigenvalue weighted by Gasteiger charge is -2.31. The van der Waals surface area contributed by atoms with Crippen molar-refractivity contribution in [1.29, 1.82) is 0 Å². The average Bonchev–Trinajstić information content (AvgIpc) is 3.14. The molecule has 2 aromatic carbocycles. The number of likely N-dealkylation sites (tertiary alicyclic amines) is 1. The van der Waals surface area contributed by atoms with Gasteiger partial charge in [-0.05, 0) is 56.6 Å². The van der Waals surface area contributed by atoms with Crippen molar-refractivity contribution in [3.63, 3.8) is 0 Å². The summed E-state index contributed by atoms with van der Waals surface area (Å²) in [5, 5.41) is 0. The lowest BCUT2D eigenvalue weighted by Crippen LogP contribution is -2.38. The third kappa shape index (κ3) is 4.65. The number of ketones is 1. The number of Topliss-reactive ketones (excluding diaryl/α,β-unsaturated/α-hetero) is 1. The van der Waals surface area contributed by atoms with E-state index in [1.54, 1.807) is 17.0 Å². The van der Waals surface area contributed by atoms with Crippen LogP contribution in [-0.2, 0) is 4.74 Å². The molecule has 1 amide bonds. The summed E-state index contributed by atoms with van der Waals surface area (Å²) < 4.78 is 18.6. The first-order chi connectivity index (χ1) is 14.1. The summed E-state index contributed by atoms with van der Waals surface area (Å²) in [6.45, 7) is 3.08. The van der Waals surface area contributed by atoms with Crippen LogP contribution in [-0.4, -0.2) is 49.1 Å². The maximum absolute atomic E-state index is 13.1. The standard InChI is InChI=1S/C23H25FN2O3/c24-19-6-8-20(9-7-19)26-16-21(29-23(26)28)12-15-25-13-10-18(11-14-25)22(27)17-4-2-1-3-5-17/h1-9,18,21H,10-16H2. The minimum Gasteiger partial charge on any atom is -0.444 e. The summed E-state index contributed by atoms with van der Waals surface area (Å²) in [6.07, 6.45) is 1.92. The highest BCUT2D eigenvalue weighted by Gasteiger charge is 2.33. The van der Waals surface area contributed by atoms with Gasteiger partial charge in [-0.15, -0.1) is 0 Å². The van der Waals surface area contributed by atoms with E-state index in [2.05, 4.69) is 4.90 Å². The number of amides is 1. The molecule has 4 rings (SSSR count). The monoisotopic (exact) mass is 396 g/mol. The van der Waals surface area contributed by atoms with E-state index in [0.29, 0.717) is 12.2 Å². The van der Waals surface area contributed by atoms with Gasteiger partial charge in [0.05, 0.1) is 6.54 Å². The summed E-state index contributed by atoms with van der Waals surface area (Å²) in [5.74, 6) is 0.00357. The van der Waals surface area contributed by atoms with Crippen molar-refractivity contribution in [2.75, 3.05) is 31.1 Å². The van der Waals surface area contributed by atoms with Crippen LogP contribution in [0.5, 0.6) is 0 Å². The van der Waals surface area contributed by atoms with Gasteiger partial charge in [0.15, 0.2) is 5.78 Å². The average molecular weight is 396 g/mol. The van der Waals surface area contributed by atoms with Gasteiger partial charge in [-0.1, -0.05) is 30.3 Å². The molecule has 0 N–H and O–H groups in total. The minimum absolute atomic E-state index is 0.0897. The molecule has 0 aromatic heterocycles. The van der Waals surface area contributed by atoms with E-state index in [0.717, 1.165) is 44.5 Å². The molecule has 0 saturated carbocycles. The number of rotatable bonds is 6. The van der Waals surface area contributed by atoms with Crippen molar-refractivity contribution in [2.24, 2.45) is 5.92 Å². The van der Waals surface area contributed by atoms with E-state index >= 15 is 0 Å². The molecular formula is C23H25FN2O3. The molecular weight excluding hydrogens is 371 g/mol. The second kappa shape index (κ2) is 8.74. The zero-order valence-corrected chi connectivity index (χ0v) is 16.3. The number of nitrogens with zero attached hydrogens (tertiary/aromatic N) is 2. The smallest absolute Gasteiger partial charge is 0.414 e. The normalized spacial score (nSPS) is 20.7. The number of carbonyl (C=O) groups excluding carboxylic acids is 2. The molecule has 2 heterocycles. The number of anilines is 1. The first-order valence-corrected chi connectivity index (χ1v) is 10.2. The fourth-order valence-corrected chi connectivity index (χ4v) is 4.09. The van der Waals surface area contributed by atoms with E-state index < -0.39 is 0 Å². The van der Waals surface area contributed by atoms with Crippen LogP contribution in [0.3, 0.4) is 0 Å². The topological polar surface area (TPSA) is 49.9 Å². The first kappa shape index (κ1) is 19.6. The largest absolute Gasteiger partial charge is 0.444 e. The van der Waals surface area contributed by atoms with Crippen molar-refractivity contribution in [3.05, 3.63) is 66.0 Å². The number of carbonyl (C=O) groups is 2. The number of piperidine rings is 1. The Morgan fingerprint density at radius 3 is 2.41 bits per heavy atom. The van der Waals surface area contributed by atoms with Gasteiger partial charge in [0.2, 0.25) is 0 Å². The third-order valence-corrected chi connectivity index (χ3v) is 5.80. The van der Waals surface area contributed by atoms with Crippen LogP contribution in [0.1, 0.15) is 29.6 Å². The number of hydrogen-bond donors (Lipinski definition) is 0. The van der Waals surface area contributed by atoms with E-state index in [1.807, 2.05) is 30.3 Å². The van der Waals surface area contributed by atoms with E-state index in [9.17, 15) is 14.0 Å². The number of benzene rings is 2. The molecule has 0 spiro atoms. The van der Waals surface area contributed by atoms with Crippen molar-refractivity contribution in [1.82, 2.24) is 4.90 Å². The van der Waals surface area contributed by atoms with Gasteiger partial charge in [-0.25, -0.2) is 9.18 Å². The Balaban J connectivity index is 1.23. The summed E-state index contributed by atoms with van der Waals surface area (Å²) >= 11 is 0. The van der Waals surface area contributed by atoms with Crippen LogP contribution in [0.25, 0.3) is 0 Å². The second-order valence-corrected chi connectivity index (χ2v) is 7.73. The van der Waals surface area contributed by atoms with E-state index in [1.165, 1.54) is 12.1 Å². The van der Waals surface area contributed by atoms with Crippen LogP contribution in [0, 0.1) is 11.7 Å². The maximum atomic E-state index is 13.1. The Morgan fingerprint density at radius 1 is 1.03 bits per heavy atom. The predicted octanol–water partition coefficient (Wildman–Crippen LogP) is 4.14. The molecule has 1 unspecified atom stereocenters. The summed E-state index contributed by atoms with van der Waals surface area (Å²) in [7, 11) is 0. The molecule has 2 aliphatic heterocycles. The predicted molar refractivity (Wildman–Crippen MR) is 109 cm³/mol. The maximum Gasteiger partial charge on any atom is 0.414 e. The summed E-state index contributed by atoms with van der Waals surface area (Å²) in [5.41, 5.74) is 1.45. The van der Waals surface area contributed by atoms with Gasteiger partial charge in [0, 0.05) is 23.7 Å². The lowest BCUT2D eigenvalue weighted by molar-refractivity contribution is 0.0815. The fourth-order valence-electron chi connectivity index (χ4n) is 4.09. The SMILES string of the molecule is O=C(c1ccccc1)C1CCN(CCC2CN(c3ccc(F)cc3)C(=O)O2)CC1. The quantitative estimate of drug-likeness (QED) is 0.689. The van der Waals surface area contributed by atoms with Crippen molar-refractivity contribution >= 4 is 17.6 Å². The highest BCUT2D eigenvalue weighted by molar-refractivity contribution is 5.97. The van der Waals surface area contributed by atoms with Gasteiger partial charge < -0.3 is 9.64 Å². The van der Waals surface area contributed by atoms with Crippen LogP contribution in [0.15, 0.2) is 54.6 Å². The number of halogens is 1. The van der Waals surface area contributed by atoms with E-state index in [-0.39, 0.29) is 29.7 Å². The summed E-state index contributed by atoms with van der Waals surface area (Å²) in [4.78, 5) is 28.6. The number of cyclic esters (lactones) is 1. The molecule has 2 fully saturated rings. The Bertz CT molecular complexity index is 848. The first-order valence-electron chi connectivity index (χ1n) is 10.2. The van der Waals surface area contributed by atoms with Gasteiger partial charge in [0.1, 0.15) is 11.9 Å². The van der Waals surface area contributed by atoms with Gasteiger partial charge in [-0.2, -0.15) is 0 Å². The van der Waals surface area contributed by atoms with Crippen LogP contribution >= 0.6 is 0 Å². The second-order valence-electron chi connectivity index (χ2n) is 7.73. The van der Waals surface area contributed by atoms with Crippen molar-refractivity contribution in [3.8, 4) is 0 Å². The van der Waals surface area contributed by atoms with Crippen LogP contribution < -0.4 is 4.90 Å².